The lowest BCUT2D eigenvalue weighted by atomic mass is 10.2. The number of hydrogen-bond acceptors (Lipinski definition) is 4. The second-order valence-electron chi connectivity index (χ2n) is 7.15. The summed E-state index contributed by atoms with van der Waals surface area (Å²) in [5, 5.41) is 5.02. The number of hydrogen-bond donors (Lipinski definition) is 0. The van der Waals surface area contributed by atoms with Crippen molar-refractivity contribution >= 4 is 11.6 Å². The Morgan fingerprint density at radius 1 is 1.24 bits per heavy atom. The summed E-state index contributed by atoms with van der Waals surface area (Å²) >= 11 is 6.45. The van der Waals surface area contributed by atoms with Gasteiger partial charge in [-0.05, 0) is 43.6 Å². The molecule has 2 aliphatic heterocycles. The molecule has 0 amide bonds. The third-order valence-electron chi connectivity index (χ3n) is 5.03. The Kier molecular flexibility index (Phi) is 4.97. The van der Waals surface area contributed by atoms with Crippen LogP contribution in [0, 0.1) is 0 Å². The molecule has 2 fully saturated rings. The molecule has 25 heavy (non-hydrogen) atoms. The molecule has 0 bridgehead atoms. The van der Waals surface area contributed by atoms with Gasteiger partial charge in [0.2, 0.25) is 0 Å². The fourth-order valence-electron chi connectivity index (χ4n) is 3.48. The van der Waals surface area contributed by atoms with Crippen LogP contribution in [0.3, 0.4) is 0 Å². The van der Waals surface area contributed by atoms with Crippen molar-refractivity contribution in [1.82, 2.24) is 19.6 Å². The van der Waals surface area contributed by atoms with Gasteiger partial charge < -0.3 is 4.74 Å². The van der Waals surface area contributed by atoms with Gasteiger partial charge in [0.15, 0.2) is 0 Å². The fourth-order valence-corrected chi connectivity index (χ4v) is 3.71. The molecule has 6 heteroatoms. The molecule has 1 aromatic heterocycles. The van der Waals surface area contributed by atoms with Crippen molar-refractivity contribution in [2.45, 2.75) is 32.0 Å². The van der Waals surface area contributed by atoms with E-state index in [0.29, 0.717) is 12.6 Å². The van der Waals surface area contributed by atoms with Crippen LogP contribution in [0.2, 0.25) is 5.02 Å². The number of rotatable bonds is 7. The van der Waals surface area contributed by atoms with Crippen LogP contribution in [0.4, 0.5) is 0 Å². The zero-order valence-corrected chi connectivity index (χ0v) is 15.5. The first-order valence-corrected chi connectivity index (χ1v) is 9.40. The summed E-state index contributed by atoms with van der Waals surface area (Å²) in [5.41, 5.74) is 2.44. The minimum Gasteiger partial charge on any atom is -0.492 e. The predicted octanol–water partition coefficient (Wildman–Crippen LogP) is 2.93. The largest absolute Gasteiger partial charge is 0.492 e. The van der Waals surface area contributed by atoms with Gasteiger partial charge in [0, 0.05) is 43.5 Å². The number of aryl methyl sites for hydroxylation is 1. The van der Waals surface area contributed by atoms with E-state index in [4.69, 9.17) is 16.3 Å². The summed E-state index contributed by atoms with van der Waals surface area (Å²) in [4.78, 5) is 4.85. The van der Waals surface area contributed by atoms with Crippen LogP contribution in [-0.4, -0.2) is 51.9 Å². The summed E-state index contributed by atoms with van der Waals surface area (Å²) in [6.07, 6.45) is 6.59. The van der Waals surface area contributed by atoms with Crippen molar-refractivity contribution < 1.29 is 4.74 Å². The monoisotopic (exact) mass is 360 g/mol. The smallest absolute Gasteiger partial charge is 0.120 e. The molecule has 2 atom stereocenters. The lowest BCUT2D eigenvalue weighted by Gasteiger charge is -2.16. The lowest BCUT2D eigenvalue weighted by molar-refractivity contribution is 0.292. The molecular weight excluding hydrogens is 336 g/mol. The van der Waals surface area contributed by atoms with Crippen LogP contribution < -0.4 is 4.74 Å². The second kappa shape index (κ2) is 7.36. The Hall–Kier alpha value is -1.56. The molecule has 0 N–H and O–H groups in total. The van der Waals surface area contributed by atoms with E-state index in [1.165, 1.54) is 37.1 Å². The Morgan fingerprint density at radius 2 is 2.08 bits per heavy atom. The van der Waals surface area contributed by atoms with E-state index < -0.39 is 0 Å². The quantitative estimate of drug-likeness (QED) is 0.711. The third-order valence-corrected chi connectivity index (χ3v) is 5.38. The molecule has 134 valence electrons. The van der Waals surface area contributed by atoms with Crippen LogP contribution in [0.15, 0.2) is 30.6 Å². The maximum absolute atomic E-state index is 6.45. The minimum atomic E-state index is 0.489. The van der Waals surface area contributed by atoms with Gasteiger partial charge in [-0.25, -0.2) is 0 Å². The first kappa shape index (κ1) is 16.9. The zero-order chi connectivity index (χ0) is 17.2. The molecule has 4 rings (SSSR count). The average Bonchev–Trinajstić information content (AvgIpc) is 2.95. The average molecular weight is 361 g/mol. The maximum Gasteiger partial charge on any atom is 0.120 e. The van der Waals surface area contributed by atoms with Crippen molar-refractivity contribution in [3.05, 3.63) is 46.7 Å². The first-order valence-electron chi connectivity index (χ1n) is 9.02. The third kappa shape index (κ3) is 4.35. The number of likely N-dealkylation sites (tertiary alicyclic amines) is 1. The topological polar surface area (TPSA) is 33.3 Å². The summed E-state index contributed by atoms with van der Waals surface area (Å²) in [7, 11) is 1.95. The highest BCUT2D eigenvalue weighted by molar-refractivity contribution is 6.31. The molecule has 3 heterocycles. The second-order valence-corrected chi connectivity index (χ2v) is 7.56. The minimum absolute atomic E-state index is 0.489. The number of nitrogens with zero attached hydrogens (tertiary/aromatic N) is 4. The standard InChI is InChI=1S/C19H25ClN4O/c1-22-10-15(9-21-22)11-24-13-17(24)14-25-18-5-4-16(19(20)8-18)12-23-6-2-3-7-23/h4-5,8-10,17H,2-3,6-7,11-14H2,1H3. The van der Waals surface area contributed by atoms with Crippen molar-refractivity contribution in [1.29, 1.82) is 0 Å². The highest BCUT2D eigenvalue weighted by Gasteiger charge is 2.34. The van der Waals surface area contributed by atoms with E-state index in [1.54, 1.807) is 0 Å². The molecule has 1 aromatic carbocycles. The van der Waals surface area contributed by atoms with E-state index in [9.17, 15) is 0 Å². The highest BCUT2D eigenvalue weighted by Crippen LogP contribution is 2.27. The molecule has 0 radical (unpaired) electrons. The summed E-state index contributed by atoms with van der Waals surface area (Å²) in [6.45, 7) is 6.04. The SMILES string of the molecule is Cn1cc(CN2CC2COc2ccc(CN3CCCC3)c(Cl)c2)cn1. The van der Waals surface area contributed by atoms with Crippen molar-refractivity contribution in [3.8, 4) is 5.75 Å². The van der Waals surface area contributed by atoms with Gasteiger partial charge in [0.25, 0.3) is 0 Å². The molecule has 0 aliphatic carbocycles. The predicted molar refractivity (Wildman–Crippen MR) is 98.9 cm³/mol. The lowest BCUT2D eigenvalue weighted by Crippen LogP contribution is -2.18. The van der Waals surface area contributed by atoms with Crippen LogP contribution in [0.5, 0.6) is 5.75 Å². The molecule has 0 saturated carbocycles. The summed E-state index contributed by atoms with van der Waals surface area (Å²) in [6, 6.07) is 6.60. The Bertz CT molecular complexity index is 726. The van der Waals surface area contributed by atoms with Gasteiger partial charge in [-0.2, -0.15) is 5.10 Å². The van der Waals surface area contributed by atoms with E-state index in [0.717, 1.165) is 30.4 Å². The van der Waals surface area contributed by atoms with Gasteiger partial charge >= 0.3 is 0 Å². The van der Waals surface area contributed by atoms with Gasteiger partial charge in [-0.15, -0.1) is 0 Å². The molecule has 0 spiro atoms. The van der Waals surface area contributed by atoms with Gasteiger partial charge in [-0.3, -0.25) is 14.5 Å². The van der Waals surface area contributed by atoms with Crippen molar-refractivity contribution in [3.63, 3.8) is 0 Å². The van der Waals surface area contributed by atoms with E-state index in [1.807, 2.05) is 30.1 Å². The Balaban J connectivity index is 1.25. The number of aromatic nitrogens is 2. The Morgan fingerprint density at radius 3 is 2.80 bits per heavy atom. The zero-order valence-electron chi connectivity index (χ0n) is 14.7. The number of halogens is 1. The molecular formula is C19H25ClN4O. The number of benzene rings is 1. The molecule has 2 aliphatic rings. The van der Waals surface area contributed by atoms with Crippen LogP contribution in [-0.2, 0) is 20.1 Å². The first-order chi connectivity index (χ1) is 12.2. The van der Waals surface area contributed by atoms with Crippen LogP contribution in [0.25, 0.3) is 0 Å². The van der Waals surface area contributed by atoms with Crippen LogP contribution in [0.1, 0.15) is 24.0 Å². The van der Waals surface area contributed by atoms with E-state index in [-0.39, 0.29) is 0 Å². The molecule has 2 saturated heterocycles. The van der Waals surface area contributed by atoms with Gasteiger partial charge in [0.1, 0.15) is 12.4 Å². The van der Waals surface area contributed by atoms with E-state index in [2.05, 4.69) is 27.2 Å². The maximum atomic E-state index is 6.45. The highest BCUT2D eigenvalue weighted by atomic mass is 35.5. The summed E-state index contributed by atoms with van der Waals surface area (Å²) in [5.74, 6) is 0.864. The fraction of sp³-hybridized carbons (Fsp3) is 0.526. The molecule has 5 nitrogen and oxygen atoms in total. The van der Waals surface area contributed by atoms with Crippen molar-refractivity contribution in [2.24, 2.45) is 7.05 Å². The number of ether oxygens (including phenoxy) is 1. The van der Waals surface area contributed by atoms with E-state index >= 15 is 0 Å². The van der Waals surface area contributed by atoms with Crippen molar-refractivity contribution in [2.75, 3.05) is 26.2 Å². The van der Waals surface area contributed by atoms with Gasteiger partial charge in [-0.1, -0.05) is 17.7 Å². The van der Waals surface area contributed by atoms with Gasteiger partial charge in [0.05, 0.1) is 12.2 Å². The summed E-state index contributed by atoms with van der Waals surface area (Å²) < 4.78 is 7.79. The molecule has 2 unspecified atom stereocenters. The normalized spacial score (nSPS) is 23.1. The Labute approximate surface area is 154 Å². The molecule has 2 aromatic rings. The van der Waals surface area contributed by atoms with Crippen LogP contribution >= 0.6 is 11.6 Å².